The number of pyridine rings is 1. The molecule has 2 aromatic rings. The largest absolute Gasteiger partial charge is 0.407 e. The van der Waals surface area contributed by atoms with Crippen LogP contribution in [0.15, 0.2) is 46.3 Å². The van der Waals surface area contributed by atoms with Gasteiger partial charge in [0, 0.05) is 11.3 Å². The van der Waals surface area contributed by atoms with Gasteiger partial charge in [-0.3, -0.25) is 4.79 Å². The van der Waals surface area contributed by atoms with Crippen molar-refractivity contribution in [3.8, 4) is 11.3 Å². The molecule has 1 unspecified atom stereocenters. The second-order valence-corrected chi connectivity index (χ2v) is 6.75. The van der Waals surface area contributed by atoms with Gasteiger partial charge in [-0.05, 0) is 37.7 Å². The van der Waals surface area contributed by atoms with Crippen molar-refractivity contribution < 1.29 is 13.2 Å². The van der Waals surface area contributed by atoms with Crippen LogP contribution in [0.5, 0.6) is 0 Å². The molecule has 1 aliphatic carbocycles. The molecule has 1 aliphatic rings. The lowest BCUT2D eigenvalue weighted by Gasteiger charge is -2.21. The number of hydrogen-bond donors (Lipinski definition) is 0. The number of halogens is 3. The van der Waals surface area contributed by atoms with E-state index in [1.54, 1.807) is 30.3 Å². The van der Waals surface area contributed by atoms with Crippen LogP contribution < -0.4 is 5.56 Å². The van der Waals surface area contributed by atoms with Gasteiger partial charge in [-0.1, -0.05) is 37.3 Å². The molecule has 1 heterocycles. The lowest BCUT2D eigenvalue weighted by Crippen LogP contribution is -2.24. The van der Waals surface area contributed by atoms with Crippen molar-refractivity contribution in [3.05, 3.63) is 63.7 Å². The van der Waals surface area contributed by atoms with Crippen LogP contribution in [0.1, 0.15) is 38.2 Å². The van der Waals surface area contributed by atoms with E-state index in [-0.39, 0.29) is 5.69 Å². The van der Waals surface area contributed by atoms with Crippen molar-refractivity contribution in [2.75, 3.05) is 0 Å². The van der Waals surface area contributed by atoms with E-state index in [9.17, 15) is 18.0 Å². The van der Waals surface area contributed by atoms with Gasteiger partial charge in [0.1, 0.15) is 0 Å². The molecule has 0 radical (unpaired) electrons. The van der Waals surface area contributed by atoms with Crippen LogP contribution in [0.2, 0.25) is 0 Å². The molecule has 0 saturated heterocycles. The minimum Gasteiger partial charge on any atom is -0.281 e. The average Bonchev–Trinajstić information content (AvgIpc) is 2.63. The van der Waals surface area contributed by atoms with Crippen LogP contribution in [0.25, 0.3) is 16.1 Å². The molecule has 0 N–H and O–H groups in total. The number of alkyl halides is 3. The average molecular weight is 373 g/mol. The summed E-state index contributed by atoms with van der Waals surface area (Å²) in [6.45, 7) is 9.17. The minimum atomic E-state index is -4.80. The molecule has 1 atom stereocenters. The third kappa shape index (κ3) is 3.95. The van der Waals surface area contributed by atoms with Crippen molar-refractivity contribution in [1.29, 1.82) is 0 Å². The van der Waals surface area contributed by atoms with Gasteiger partial charge in [-0.15, -0.1) is 0 Å². The zero-order valence-electron chi connectivity index (χ0n) is 14.8. The molecule has 1 aromatic carbocycles. The van der Waals surface area contributed by atoms with Gasteiger partial charge in [0.25, 0.3) is 11.2 Å². The van der Waals surface area contributed by atoms with Crippen LogP contribution in [0, 0.1) is 12.5 Å². The predicted octanol–water partition coefficient (Wildman–Crippen LogP) is 5.50. The topological polar surface area (TPSA) is 38.7 Å². The maximum atomic E-state index is 13.4. The lowest BCUT2D eigenvalue weighted by atomic mass is 9.89. The summed E-state index contributed by atoms with van der Waals surface area (Å²) >= 11 is 0. The summed E-state index contributed by atoms with van der Waals surface area (Å²) in [5.41, 5.74) is -1.98. The summed E-state index contributed by atoms with van der Waals surface area (Å²) in [7, 11) is 0. The highest BCUT2D eigenvalue weighted by Gasteiger charge is 2.36. The molecular weight excluding hydrogens is 355 g/mol. The lowest BCUT2D eigenvalue weighted by molar-refractivity contribution is -0.136. The van der Waals surface area contributed by atoms with Crippen LogP contribution in [-0.2, 0) is 6.18 Å². The van der Waals surface area contributed by atoms with Crippen molar-refractivity contribution in [3.63, 3.8) is 0 Å². The molecule has 0 spiro atoms. The maximum absolute atomic E-state index is 13.4. The van der Waals surface area contributed by atoms with E-state index >= 15 is 0 Å². The Kier molecular flexibility index (Phi) is 5.17. The molecule has 27 heavy (non-hydrogen) atoms. The zero-order chi connectivity index (χ0) is 19.6. The first-order chi connectivity index (χ1) is 12.8. The second-order valence-electron chi connectivity index (χ2n) is 6.75. The number of aromatic nitrogens is 1. The molecule has 1 saturated carbocycles. The van der Waals surface area contributed by atoms with Gasteiger partial charge in [-0.2, -0.15) is 18.3 Å². The Hall–Kier alpha value is -2.88. The van der Waals surface area contributed by atoms with Crippen molar-refractivity contribution >= 4 is 11.4 Å². The van der Waals surface area contributed by atoms with Crippen LogP contribution >= 0.6 is 0 Å². The molecule has 1 fully saturated rings. The molecular formula is C20H18F3N3O. The Morgan fingerprint density at radius 1 is 1.26 bits per heavy atom. The van der Waals surface area contributed by atoms with Gasteiger partial charge in [-0.25, -0.2) is 9.52 Å². The van der Waals surface area contributed by atoms with E-state index in [2.05, 4.69) is 16.9 Å². The van der Waals surface area contributed by atoms with E-state index in [4.69, 9.17) is 6.57 Å². The Morgan fingerprint density at radius 2 is 1.96 bits per heavy atom. The molecule has 0 amide bonds. The number of rotatable bonds is 2. The highest BCUT2D eigenvalue weighted by Crippen LogP contribution is 2.37. The monoisotopic (exact) mass is 373 g/mol. The minimum absolute atomic E-state index is 0.0334. The van der Waals surface area contributed by atoms with Crippen molar-refractivity contribution in [2.45, 2.75) is 38.8 Å². The van der Waals surface area contributed by atoms with Gasteiger partial charge < -0.3 is 0 Å². The molecule has 1 aromatic heterocycles. The van der Waals surface area contributed by atoms with Gasteiger partial charge in [0.05, 0.1) is 17.8 Å². The standard InChI is InChI=1S/C20H18F3N3O/c1-13-7-6-10-15(11-13)25-26-17(14-8-4-3-5-9-14)12-16(20(21,22)23)18(24-2)19(26)27/h3-5,8-9,12-13H,6-7,10-11H2,1H3. The fourth-order valence-electron chi connectivity index (χ4n) is 3.32. The Labute approximate surface area is 154 Å². The summed E-state index contributed by atoms with van der Waals surface area (Å²) < 4.78 is 41.2. The van der Waals surface area contributed by atoms with Gasteiger partial charge >= 0.3 is 6.18 Å². The third-order valence-corrected chi connectivity index (χ3v) is 4.63. The fraction of sp³-hybridized carbons (Fsp3) is 0.350. The van der Waals surface area contributed by atoms with Crippen LogP contribution in [0.4, 0.5) is 18.9 Å². The van der Waals surface area contributed by atoms with Gasteiger partial charge in [0.15, 0.2) is 0 Å². The van der Waals surface area contributed by atoms with Crippen molar-refractivity contribution in [2.24, 2.45) is 11.0 Å². The molecule has 7 heteroatoms. The summed E-state index contributed by atoms with van der Waals surface area (Å²) in [6.07, 6.45) is -1.44. The summed E-state index contributed by atoms with van der Waals surface area (Å²) in [5, 5.41) is 4.39. The van der Waals surface area contributed by atoms with Crippen LogP contribution in [-0.4, -0.2) is 10.4 Å². The van der Waals surface area contributed by atoms with Crippen LogP contribution in [0.3, 0.4) is 0 Å². The van der Waals surface area contributed by atoms with E-state index in [1.807, 2.05) is 0 Å². The molecule has 140 valence electrons. The SMILES string of the molecule is [C-]#[N+]c1c(C(F)(F)F)cc(-c2ccccc2)n(N=C2CCCC(C)C2)c1=O. The number of hydrogen-bond acceptors (Lipinski definition) is 2. The maximum Gasteiger partial charge on any atom is 0.407 e. The van der Waals surface area contributed by atoms with E-state index < -0.39 is 23.0 Å². The third-order valence-electron chi connectivity index (χ3n) is 4.63. The number of nitrogens with zero attached hydrogens (tertiary/aromatic N) is 3. The first kappa shape index (κ1) is 18.9. The number of benzene rings is 1. The Bertz CT molecular complexity index is 969. The quantitative estimate of drug-likeness (QED) is 0.641. The molecule has 3 rings (SSSR count). The summed E-state index contributed by atoms with van der Waals surface area (Å²) in [6, 6.07) is 9.17. The van der Waals surface area contributed by atoms with E-state index in [0.717, 1.165) is 29.3 Å². The first-order valence-electron chi connectivity index (χ1n) is 8.68. The summed E-state index contributed by atoms with van der Waals surface area (Å²) in [5.74, 6) is 0.406. The smallest absolute Gasteiger partial charge is 0.281 e. The first-order valence-corrected chi connectivity index (χ1v) is 8.68. The zero-order valence-corrected chi connectivity index (χ0v) is 14.8. The summed E-state index contributed by atoms with van der Waals surface area (Å²) in [4.78, 5) is 15.6. The normalized spacial score (nSPS) is 19.1. The molecule has 0 bridgehead atoms. The van der Waals surface area contributed by atoms with Gasteiger partial charge in [0.2, 0.25) is 0 Å². The second kappa shape index (κ2) is 7.39. The highest BCUT2D eigenvalue weighted by molar-refractivity contribution is 5.85. The predicted molar refractivity (Wildman–Crippen MR) is 97.9 cm³/mol. The highest BCUT2D eigenvalue weighted by atomic mass is 19.4. The molecule has 4 nitrogen and oxygen atoms in total. The molecule has 0 aliphatic heterocycles. The Balaban J connectivity index is 2.29. The fourth-order valence-corrected chi connectivity index (χ4v) is 3.32. The van der Waals surface area contributed by atoms with Crippen molar-refractivity contribution in [1.82, 2.24) is 4.68 Å². The van der Waals surface area contributed by atoms with E-state index in [1.165, 1.54) is 0 Å². The Morgan fingerprint density at radius 3 is 2.56 bits per heavy atom. The van der Waals surface area contributed by atoms with E-state index in [0.29, 0.717) is 24.3 Å².